The highest BCUT2D eigenvalue weighted by molar-refractivity contribution is 5.79. The lowest BCUT2D eigenvalue weighted by atomic mass is 10.3. The number of imidazole rings is 1. The third-order valence-corrected chi connectivity index (χ3v) is 3.61. The van der Waals surface area contributed by atoms with E-state index in [9.17, 15) is 0 Å². The van der Waals surface area contributed by atoms with Crippen molar-refractivity contribution in [1.82, 2.24) is 25.2 Å². The van der Waals surface area contributed by atoms with Gasteiger partial charge in [-0.2, -0.15) is 0 Å². The van der Waals surface area contributed by atoms with Crippen LogP contribution in [0.5, 0.6) is 0 Å². The number of guanidine groups is 1. The molecule has 2 aromatic rings. The fourth-order valence-electron chi connectivity index (χ4n) is 2.31. The zero-order valence-corrected chi connectivity index (χ0v) is 15.3. The van der Waals surface area contributed by atoms with Crippen molar-refractivity contribution in [2.75, 3.05) is 26.3 Å². The van der Waals surface area contributed by atoms with Gasteiger partial charge in [-0.3, -0.25) is 4.57 Å². The molecular formula is C18H28N6O. The monoisotopic (exact) mass is 344 g/mol. The summed E-state index contributed by atoms with van der Waals surface area (Å²) in [7, 11) is 0. The second-order valence-electron chi connectivity index (χ2n) is 5.54. The molecule has 2 rings (SSSR count). The number of aryl methyl sites for hydroxylation is 1. The first-order chi connectivity index (χ1) is 12.2. The Hall–Kier alpha value is -2.41. The number of aliphatic imine (C=N–C) groups is 1. The van der Waals surface area contributed by atoms with E-state index in [2.05, 4.69) is 32.5 Å². The number of nitrogens with zero attached hydrogens (tertiary/aromatic N) is 4. The fraction of sp³-hybridized carbons (Fsp3) is 0.500. The number of ether oxygens (including phenoxy) is 1. The maximum atomic E-state index is 5.34. The van der Waals surface area contributed by atoms with Crippen LogP contribution in [0.15, 0.2) is 35.7 Å². The zero-order valence-electron chi connectivity index (χ0n) is 15.3. The molecule has 2 aromatic heterocycles. The molecule has 0 atom stereocenters. The van der Waals surface area contributed by atoms with Crippen LogP contribution in [0.25, 0.3) is 5.82 Å². The van der Waals surface area contributed by atoms with E-state index in [1.807, 2.05) is 42.9 Å². The Kier molecular flexibility index (Phi) is 7.91. The number of hydrogen-bond acceptors (Lipinski definition) is 4. The zero-order chi connectivity index (χ0) is 17.9. The molecule has 0 radical (unpaired) electrons. The van der Waals surface area contributed by atoms with E-state index in [1.165, 1.54) is 0 Å². The van der Waals surface area contributed by atoms with Crippen molar-refractivity contribution < 1.29 is 4.74 Å². The summed E-state index contributed by atoms with van der Waals surface area (Å²) in [6.07, 6.45) is 6.50. The van der Waals surface area contributed by atoms with Crippen LogP contribution in [0.4, 0.5) is 0 Å². The van der Waals surface area contributed by atoms with Crippen LogP contribution in [0.2, 0.25) is 0 Å². The van der Waals surface area contributed by atoms with Crippen molar-refractivity contribution in [1.29, 1.82) is 0 Å². The van der Waals surface area contributed by atoms with E-state index in [1.54, 1.807) is 6.20 Å². The topological polar surface area (TPSA) is 76.4 Å². The molecule has 0 aliphatic heterocycles. The minimum absolute atomic E-state index is 0.580. The Labute approximate surface area is 149 Å². The quantitative estimate of drug-likeness (QED) is 0.414. The summed E-state index contributed by atoms with van der Waals surface area (Å²) in [5.74, 6) is 2.60. The van der Waals surface area contributed by atoms with Crippen LogP contribution >= 0.6 is 0 Å². The van der Waals surface area contributed by atoms with E-state index in [4.69, 9.17) is 4.74 Å². The molecule has 7 nitrogen and oxygen atoms in total. The predicted octanol–water partition coefficient (Wildman–Crippen LogP) is 2.06. The predicted molar refractivity (Wildman–Crippen MR) is 100 cm³/mol. The molecule has 0 spiro atoms. The van der Waals surface area contributed by atoms with Crippen LogP contribution in [0.1, 0.15) is 31.7 Å². The first kappa shape index (κ1) is 18.9. The van der Waals surface area contributed by atoms with Crippen LogP contribution < -0.4 is 10.6 Å². The van der Waals surface area contributed by atoms with Gasteiger partial charge in [-0.1, -0.05) is 6.07 Å². The van der Waals surface area contributed by atoms with Gasteiger partial charge in [0.15, 0.2) is 5.96 Å². The van der Waals surface area contributed by atoms with Gasteiger partial charge in [-0.15, -0.1) is 0 Å². The van der Waals surface area contributed by atoms with Crippen molar-refractivity contribution in [2.45, 2.75) is 33.7 Å². The molecule has 0 saturated heterocycles. The maximum absolute atomic E-state index is 5.34. The van der Waals surface area contributed by atoms with Crippen LogP contribution in [0.3, 0.4) is 0 Å². The van der Waals surface area contributed by atoms with E-state index in [0.29, 0.717) is 6.54 Å². The van der Waals surface area contributed by atoms with Crippen molar-refractivity contribution in [3.8, 4) is 5.82 Å². The van der Waals surface area contributed by atoms with Crippen molar-refractivity contribution >= 4 is 5.96 Å². The summed E-state index contributed by atoms with van der Waals surface area (Å²) in [4.78, 5) is 13.3. The number of nitrogens with one attached hydrogen (secondary N) is 2. The van der Waals surface area contributed by atoms with Gasteiger partial charge in [0.2, 0.25) is 0 Å². The highest BCUT2D eigenvalue weighted by atomic mass is 16.5. The number of aromatic nitrogens is 3. The lowest BCUT2D eigenvalue weighted by molar-refractivity contribution is 0.145. The molecular weight excluding hydrogens is 316 g/mol. The lowest BCUT2D eigenvalue weighted by Crippen LogP contribution is -2.38. The van der Waals surface area contributed by atoms with Gasteiger partial charge in [0, 0.05) is 44.9 Å². The SMILES string of the molecule is CCNC(=NCc1ccc(-n2ccnc2C)nc1)NCCCOCC. The third kappa shape index (κ3) is 6.19. The Morgan fingerprint density at radius 1 is 1.24 bits per heavy atom. The van der Waals surface area contributed by atoms with Gasteiger partial charge in [-0.05, 0) is 38.8 Å². The number of rotatable bonds is 9. The minimum atomic E-state index is 0.580. The average molecular weight is 344 g/mol. The first-order valence-corrected chi connectivity index (χ1v) is 8.79. The first-order valence-electron chi connectivity index (χ1n) is 8.79. The van der Waals surface area contributed by atoms with Crippen molar-refractivity contribution in [3.05, 3.63) is 42.1 Å². The molecule has 0 aliphatic carbocycles. The largest absolute Gasteiger partial charge is 0.382 e. The normalized spacial score (nSPS) is 11.6. The highest BCUT2D eigenvalue weighted by Crippen LogP contribution is 2.08. The van der Waals surface area contributed by atoms with Crippen LogP contribution in [0, 0.1) is 6.92 Å². The summed E-state index contributed by atoms with van der Waals surface area (Å²) < 4.78 is 7.30. The van der Waals surface area contributed by atoms with Gasteiger partial charge < -0.3 is 15.4 Å². The Morgan fingerprint density at radius 2 is 2.12 bits per heavy atom. The molecule has 0 unspecified atom stereocenters. The fourth-order valence-corrected chi connectivity index (χ4v) is 2.31. The third-order valence-electron chi connectivity index (χ3n) is 3.61. The van der Waals surface area contributed by atoms with Gasteiger partial charge >= 0.3 is 0 Å². The molecule has 0 saturated carbocycles. The second-order valence-corrected chi connectivity index (χ2v) is 5.54. The van der Waals surface area contributed by atoms with Gasteiger partial charge in [0.25, 0.3) is 0 Å². The number of hydrogen-bond donors (Lipinski definition) is 2. The van der Waals surface area contributed by atoms with Crippen LogP contribution in [-0.2, 0) is 11.3 Å². The molecule has 2 heterocycles. The molecule has 136 valence electrons. The minimum Gasteiger partial charge on any atom is -0.382 e. The molecule has 0 aromatic carbocycles. The standard InChI is InChI=1S/C18H28N6O/c1-4-19-18(21-9-6-12-25-5-2)23-14-16-7-8-17(22-13-16)24-11-10-20-15(24)3/h7-8,10-11,13H,4-6,9,12,14H2,1-3H3,(H2,19,21,23). The van der Waals surface area contributed by atoms with E-state index in [-0.39, 0.29) is 0 Å². The van der Waals surface area contributed by atoms with Crippen LogP contribution in [-0.4, -0.2) is 46.8 Å². The van der Waals surface area contributed by atoms with E-state index < -0.39 is 0 Å². The summed E-state index contributed by atoms with van der Waals surface area (Å²) >= 11 is 0. The maximum Gasteiger partial charge on any atom is 0.191 e. The lowest BCUT2D eigenvalue weighted by Gasteiger charge is -2.11. The molecule has 0 aliphatic rings. The summed E-state index contributed by atoms with van der Waals surface area (Å²) in [5.41, 5.74) is 1.06. The molecule has 25 heavy (non-hydrogen) atoms. The van der Waals surface area contributed by atoms with Gasteiger partial charge in [0.1, 0.15) is 11.6 Å². The van der Waals surface area contributed by atoms with Gasteiger partial charge in [0.05, 0.1) is 6.54 Å². The smallest absolute Gasteiger partial charge is 0.191 e. The summed E-state index contributed by atoms with van der Waals surface area (Å²) in [6.45, 7) is 9.79. The van der Waals surface area contributed by atoms with Gasteiger partial charge in [-0.25, -0.2) is 15.0 Å². The molecule has 0 bridgehead atoms. The highest BCUT2D eigenvalue weighted by Gasteiger charge is 2.02. The number of pyridine rings is 1. The Bertz CT molecular complexity index is 650. The molecule has 7 heteroatoms. The molecule has 2 N–H and O–H groups in total. The average Bonchev–Trinajstić information content (AvgIpc) is 3.06. The summed E-state index contributed by atoms with van der Waals surface area (Å²) in [5, 5.41) is 6.57. The Balaban J connectivity index is 1.89. The van der Waals surface area contributed by atoms with Crippen molar-refractivity contribution in [2.24, 2.45) is 4.99 Å². The van der Waals surface area contributed by atoms with E-state index in [0.717, 1.165) is 55.9 Å². The van der Waals surface area contributed by atoms with E-state index >= 15 is 0 Å². The molecule has 0 amide bonds. The molecule has 0 fully saturated rings. The van der Waals surface area contributed by atoms with Crippen molar-refractivity contribution in [3.63, 3.8) is 0 Å². The Morgan fingerprint density at radius 3 is 2.76 bits per heavy atom. The second kappa shape index (κ2) is 10.5. The summed E-state index contributed by atoms with van der Waals surface area (Å²) in [6, 6.07) is 4.03.